The first-order chi connectivity index (χ1) is 16.2. The van der Waals surface area contributed by atoms with Crippen LogP contribution in [0.25, 0.3) is 11.1 Å². The summed E-state index contributed by atoms with van der Waals surface area (Å²) in [4.78, 5) is 28.5. The van der Waals surface area contributed by atoms with Gasteiger partial charge in [0.15, 0.2) is 9.84 Å². The van der Waals surface area contributed by atoms with Gasteiger partial charge in [0.05, 0.1) is 29.4 Å². The fourth-order valence-electron chi connectivity index (χ4n) is 3.63. The van der Waals surface area contributed by atoms with E-state index >= 15 is 0 Å². The second kappa shape index (κ2) is 9.60. The molecule has 4 rings (SSSR count). The van der Waals surface area contributed by atoms with Crippen molar-refractivity contribution < 1.29 is 27.1 Å². The zero-order valence-corrected chi connectivity index (χ0v) is 19.1. The minimum atomic E-state index is -3.57. The molecule has 8 nitrogen and oxygen atoms in total. The van der Waals surface area contributed by atoms with E-state index in [2.05, 4.69) is 10.3 Å². The van der Waals surface area contributed by atoms with Crippen LogP contribution in [0.2, 0.25) is 0 Å². The minimum absolute atomic E-state index is 0.134. The molecule has 0 aliphatic carbocycles. The molecule has 1 fully saturated rings. The summed E-state index contributed by atoms with van der Waals surface area (Å²) in [6.45, 7) is 1.72. The molecule has 2 aromatic carbocycles. The van der Waals surface area contributed by atoms with E-state index in [-0.39, 0.29) is 35.2 Å². The largest absolute Gasteiger partial charge is 0.442 e. The molecule has 3 aromatic rings. The van der Waals surface area contributed by atoms with E-state index in [0.717, 1.165) is 0 Å². The van der Waals surface area contributed by atoms with Crippen molar-refractivity contribution in [3.05, 3.63) is 78.4 Å². The van der Waals surface area contributed by atoms with E-state index < -0.39 is 27.9 Å². The van der Waals surface area contributed by atoms with E-state index in [9.17, 15) is 22.4 Å². The molecule has 0 saturated carbocycles. The summed E-state index contributed by atoms with van der Waals surface area (Å²) in [5.74, 6) is -0.962. The quantitative estimate of drug-likeness (QED) is 0.553. The van der Waals surface area contributed by atoms with Crippen LogP contribution in [0.15, 0.2) is 71.9 Å². The maximum absolute atomic E-state index is 14.9. The van der Waals surface area contributed by atoms with Crippen molar-refractivity contribution in [2.75, 3.05) is 18.0 Å². The Morgan fingerprint density at radius 2 is 1.85 bits per heavy atom. The number of carbonyl (C=O) groups is 2. The van der Waals surface area contributed by atoms with Crippen molar-refractivity contribution in [2.45, 2.75) is 23.7 Å². The molecule has 176 valence electrons. The molecule has 1 saturated heterocycles. The van der Waals surface area contributed by atoms with Gasteiger partial charge in [-0.05, 0) is 53.6 Å². The third-order valence-corrected chi connectivity index (χ3v) is 7.05. The molecule has 1 atom stereocenters. The zero-order chi connectivity index (χ0) is 24.3. The van der Waals surface area contributed by atoms with Crippen LogP contribution in [0.3, 0.4) is 0 Å². The van der Waals surface area contributed by atoms with Gasteiger partial charge < -0.3 is 10.1 Å². The lowest BCUT2D eigenvalue weighted by atomic mass is 10.0. The molecule has 0 bridgehead atoms. The number of nitrogens with one attached hydrogen (secondary N) is 1. The number of rotatable bonds is 7. The first-order valence-electron chi connectivity index (χ1n) is 10.5. The van der Waals surface area contributed by atoms with Gasteiger partial charge in [0.1, 0.15) is 11.9 Å². The van der Waals surface area contributed by atoms with Crippen LogP contribution in [0, 0.1) is 5.82 Å². The summed E-state index contributed by atoms with van der Waals surface area (Å²) in [7, 11) is -3.57. The fourth-order valence-corrected chi connectivity index (χ4v) is 4.97. The fraction of sp³-hybridized carbons (Fsp3) is 0.208. The van der Waals surface area contributed by atoms with Crippen molar-refractivity contribution in [1.82, 2.24) is 10.3 Å². The van der Waals surface area contributed by atoms with Crippen LogP contribution in [-0.2, 0) is 25.1 Å². The number of hydrogen-bond donors (Lipinski definition) is 1. The molecular formula is C24H22FN3O5S. The van der Waals surface area contributed by atoms with Crippen molar-refractivity contribution in [1.29, 1.82) is 0 Å². The topological polar surface area (TPSA) is 106 Å². The number of halogens is 1. The Balaban J connectivity index is 1.49. The lowest BCUT2D eigenvalue weighted by molar-refractivity contribution is -0.119. The van der Waals surface area contributed by atoms with Crippen LogP contribution in [-0.4, -0.2) is 44.6 Å². The molecule has 1 aliphatic rings. The van der Waals surface area contributed by atoms with Gasteiger partial charge in [-0.15, -0.1) is 0 Å². The predicted molar refractivity (Wildman–Crippen MR) is 123 cm³/mol. The Bertz CT molecular complexity index is 1310. The molecule has 1 unspecified atom stereocenters. The smallest absolute Gasteiger partial charge is 0.414 e. The average molecular weight is 484 g/mol. The molecule has 2 heterocycles. The zero-order valence-electron chi connectivity index (χ0n) is 18.3. The van der Waals surface area contributed by atoms with Gasteiger partial charge in [-0.1, -0.05) is 12.1 Å². The van der Waals surface area contributed by atoms with Crippen LogP contribution in [0.4, 0.5) is 14.9 Å². The summed E-state index contributed by atoms with van der Waals surface area (Å²) in [6, 6.07) is 13.6. The average Bonchev–Trinajstić information content (AvgIpc) is 3.18. The number of pyridine rings is 1. The Hall–Kier alpha value is -3.79. The second-order valence-electron chi connectivity index (χ2n) is 7.86. The van der Waals surface area contributed by atoms with Crippen molar-refractivity contribution in [2.24, 2.45) is 0 Å². The number of cyclic esters (lactones) is 1. The van der Waals surface area contributed by atoms with Gasteiger partial charge in [-0.3, -0.25) is 14.7 Å². The monoisotopic (exact) mass is 483 g/mol. The summed E-state index contributed by atoms with van der Waals surface area (Å²) in [5, 5.41) is 2.59. The third kappa shape index (κ3) is 5.23. The Labute approximate surface area is 196 Å². The molecule has 10 heteroatoms. The van der Waals surface area contributed by atoms with Crippen LogP contribution >= 0.6 is 0 Å². The number of nitrogens with zero attached hydrogens (tertiary/aromatic N) is 2. The highest BCUT2D eigenvalue weighted by molar-refractivity contribution is 7.90. The molecule has 2 amide bonds. The highest BCUT2D eigenvalue weighted by Crippen LogP contribution is 2.30. The van der Waals surface area contributed by atoms with Crippen LogP contribution < -0.4 is 10.2 Å². The van der Waals surface area contributed by atoms with Gasteiger partial charge in [-0.2, -0.15) is 0 Å². The molecule has 1 aromatic heterocycles. The number of carbonyl (C=O) groups excluding carboxylic acids is 2. The third-order valence-electron chi connectivity index (χ3n) is 5.35. The number of aromatic nitrogens is 1. The summed E-state index contributed by atoms with van der Waals surface area (Å²) in [5.41, 5.74) is 1.72. The number of amides is 2. The number of hydrogen-bond acceptors (Lipinski definition) is 6. The summed E-state index contributed by atoms with van der Waals surface area (Å²) < 4.78 is 45.5. The normalized spacial score (nSPS) is 15.8. The first-order valence-corrected chi connectivity index (χ1v) is 12.1. The van der Waals surface area contributed by atoms with E-state index in [4.69, 9.17) is 4.74 Å². The Morgan fingerprint density at radius 3 is 2.50 bits per heavy atom. The standard InChI is InChI=1S/C24H22FN3O5S/c1-16(29)27-13-20-14-28(24(30)33-20)19-4-7-22(23(25)12-19)18-2-5-21(6-3-18)34(31,32)15-17-8-10-26-11-9-17/h2-12,20H,13-15H2,1H3,(H,27,29). The van der Waals surface area contributed by atoms with E-state index in [1.807, 2.05) is 0 Å². The van der Waals surface area contributed by atoms with Crippen LogP contribution in [0.1, 0.15) is 12.5 Å². The molecule has 0 radical (unpaired) electrons. The Kier molecular flexibility index (Phi) is 6.60. The van der Waals surface area contributed by atoms with E-state index in [0.29, 0.717) is 16.8 Å². The maximum Gasteiger partial charge on any atom is 0.414 e. The number of benzene rings is 2. The molecule has 0 spiro atoms. The van der Waals surface area contributed by atoms with Gasteiger partial charge in [0, 0.05) is 24.9 Å². The minimum Gasteiger partial charge on any atom is -0.442 e. The van der Waals surface area contributed by atoms with Gasteiger partial charge >= 0.3 is 6.09 Å². The number of sulfone groups is 1. The first kappa shape index (κ1) is 23.4. The number of anilines is 1. The van der Waals surface area contributed by atoms with Crippen molar-refractivity contribution in [3.8, 4) is 11.1 Å². The molecule has 34 heavy (non-hydrogen) atoms. The number of ether oxygens (including phenoxy) is 1. The van der Waals surface area contributed by atoms with Crippen molar-refractivity contribution in [3.63, 3.8) is 0 Å². The van der Waals surface area contributed by atoms with E-state index in [1.54, 1.807) is 30.3 Å². The summed E-state index contributed by atoms with van der Waals surface area (Å²) in [6.07, 6.45) is 1.92. The van der Waals surface area contributed by atoms with Crippen LogP contribution in [0.5, 0.6) is 0 Å². The lowest BCUT2D eigenvalue weighted by Crippen LogP contribution is -2.33. The predicted octanol–water partition coefficient (Wildman–Crippen LogP) is 3.32. The SMILES string of the molecule is CC(=O)NCC1CN(c2ccc(-c3ccc(S(=O)(=O)Cc4ccncc4)cc3)c(F)c2)C(=O)O1. The van der Waals surface area contributed by atoms with Gasteiger partial charge in [0.2, 0.25) is 5.91 Å². The molecule has 1 aliphatic heterocycles. The lowest BCUT2D eigenvalue weighted by Gasteiger charge is -2.15. The maximum atomic E-state index is 14.9. The van der Waals surface area contributed by atoms with Gasteiger partial charge in [0.25, 0.3) is 0 Å². The highest BCUT2D eigenvalue weighted by Gasteiger charge is 2.32. The Morgan fingerprint density at radius 1 is 1.15 bits per heavy atom. The highest BCUT2D eigenvalue weighted by atomic mass is 32.2. The van der Waals surface area contributed by atoms with E-state index in [1.165, 1.54) is 48.5 Å². The second-order valence-corrected chi connectivity index (χ2v) is 9.85. The van der Waals surface area contributed by atoms with Crippen molar-refractivity contribution >= 4 is 27.5 Å². The summed E-state index contributed by atoms with van der Waals surface area (Å²) >= 11 is 0. The molecular weight excluding hydrogens is 461 g/mol. The van der Waals surface area contributed by atoms with Gasteiger partial charge in [-0.25, -0.2) is 17.6 Å². The molecule has 1 N–H and O–H groups in total.